The van der Waals surface area contributed by atoms with Crippen LogP contribution in [0.4, 0.5) is 0 Å². The molecule has 3 heteroatoms. The second-order valence-corrected chi connectivity index (χ2v) is 4.96. The normalized spacial score (nSPS) is 23.2. The zero-order chi connectivity index (χ0) is 12.4. The van der Waals surface area contributed by atoms with E-state index in [1.165, 1.54) is 24.0 Å². The van der Waals surface area contributed by atoms with Crippen molar-refractivity contribution in [1.29, 1.82) is 0 Å². The molecule has 1 aliphatic heterocycles. The molecule has 1 unspecified atom stereocenters. The maximum atomic E-state index is 6.07. The average Bonchev–Trinajstić information content (AvgIpc) is 2.63. The minimum absolute atomic E-state index is 0.190. The van der Waals surface area contributed by atoms with Crippen molar-refractivity contribution in [2.75, 3.05) is 13.2 Å². The van der Waals surface area contributed by atoms with Crippen molar-refractivity contribution in [3.63, 3.8) is 0 Å². The number of ether oxygens (including phenoxy) is 2. The summed E-state index contributed by atoms with van der Waals surface area (Å²) >= 11 is 0. The van der Waals surface area contributed by atoms with Crippen molar-refractivity contribution in [1.82, 2.24) is 0 Å². The topological polar surface area (TPSA) is 44.5 Å². The maximum Gasteiger partial charge on any atom is 0.161 e. The lowest BCUT2D eigenvalue weighted by Crippen LogP contribution is -2.16. The first kappa shape index (κ1) is 11.6. The molecule has 1 aromatic rings. The summed E-state index contributed by atoms with van der Waals surface area (Å²) in [5.74, 6) is 1.71. The number of hydrogen-bond donors (Lipinski definition) is 1. The van der Waals surface area contributed by atoms with Gasteiger partial charge >= 0.3 is 0 Å². The Labute approximate surface area is 108 Å². The minimum Gasteiger partial charge on any atom is -0.486 e. The largest absolute Gasteiger partial charge is 0.486 e. The van der Waals surface area contributed by atoms with E-state index < -0.39 is 0 Å². The van der Waals surface area contributed by atoms with E-state index in [0.29, 0.717) is 13.2 Å². The third-order valence-corrected chi connectivity index (χ3v) is 3.56. The molecule has 0 amide bonds. The highest BCUT2D eigenvalue weighted by Crippen LogP contribution is 2.35. The molecule has 3 rings (SSSR count). The highest BCUT2D eigenvalue weighted by Gasteiger charge is 2.15. The van der Waals surface area contributed by atoms with Gasteiger partial charge in [0, 0.05) is 6.04 Å². The first-order valence-electron chi connectivity index (χ1n) is 6.69. The molecule has 0 spiro atoms. The second kappa shape index (κ2) is 5.02. The van der Waals surface area contributed by atoms with Crippen LogP contribution in [0.2, 0.25) is 0 Å². The van der Waals surface area contributed by atoms with Gasteiger partial charge in [-0.3, -0.25) is 0 Å². The van der Waals surface area contributed by atoms with E-state index in [1.807, 2.05) is 6.07 Å². The third-order valence-electron chi connectivity index (χ3n) is 3.56. The Balaban J connectivity index is 1.91. The Kier molecular flexibility index (Phi) is 3.24. The summed E-state index contributed by atoms with van der Waals surface area (Å²) in [6.45, 7) is 1.27. The summed E-state index contributed by atoms with van der Waals surface area (Å²) in [7, 11) is 0. The van der Waals surface area contributed by atoms with Crippen LogP contribution in [0.5, 0.6) is 11.5 Å². The third kappa shape index (κ3) is 2.36. The molecule has 0 aromatic heterocycles. The molecule has 1 heterocycles. The fourth-order valence-corrected chi connectivity index (χ4v) is 2.60. The summed E-state index contributed by atoms with van der Waals surface area (Å²) in [5, 5.41) is 0. The molecule has 18 heavy (non-hydrogen) atoms. The van der Waals surface area contributed by atoms with Gasteiger partial charge in [0.05, 0.1) is 0 Å². The standard InChI is InChI=1S/C15H19NO2/c16-13-4-2-1-3-11(9-13)12-5-6-14-15(10-12)18-8-7-17-14/h5-6,9-10,13H,1-4,7-8,16H2. The molecule has 3 nitrogen and oxygen atoms in total. The Morgan fingerprint density at radius 2 is 1.89 bits per heavy atom. The molecular weight excluding hydrogens is 226 g/mol. The van der Waals surface area contributed by atoms with E-state index >= 15 is 0 Å². The summed E-state index contributed by atoms with van der Waals surface area (Å²) in [6.07, 6.45) is 6.83. The quantitative estimate of drug-likeness (QED) is 0.827. The first-order chi connectivity index (χ1) is 8.83. The van der Waals surface area contributed by atoms with Gasteiger partial charge in [-0.15, -0.1) is 0 Å². The zero-order valence-corrected chi connectivity index (χ0v) is 10.5. The van der Waals surface area contributed by atoms with Crippen molar-refractivity contribution >= 4 is 5.57 Å². The van der Waals surface area contributed by atoms with E-state index in [9.17, 15) is 0 Å². The van der Waals surface area contributed by atoms with Crippen LogP contribution in [-0.2, 0) is 0 Å². The molecule has 0 bridgehead atoms. The van der Waals surface area contributed by atoms with Crippen molar-refractivity contribution in [2.24, 2.45) is 5.73 Å². The van der Waals surface area contributed by atoms with Crippen LogP contribution >= 0.6 is 0 Å². The Hall–Kier alpha value is -1.48. The minimum atomic E-state index is 0.190. The van der Waals surface area contributed by atoms with Gasteiger partial charge in [-0.2, -0.15) is 0 Å². The number of hydrogen-bond acceptors (Lipinski definition) is 3. The van der Waals surface area contributed by atoms with Crippen LogP contribution in [0.25, 0.3) is 5.57 Å². The van der Waals surface area contributed by atoms with E-state index in [4.69, 9.17) is 15.2 Å². The van der Waals surface area contributed by atoms with Crippen molar-refractivity contribution in [3.05, 3.63) is 29.8 Å². The fraction of sp³-hybridized carbons (Fsp3) is 0.467. The number of allylic oxidation sites excluding steroid dienone is 1. The Bertz CT molecular complexity index is 468. The molecule has 0 saturated carbocycles. The lowest BCUT2D eigenvalue weighted by Gasteiger charge is -2.19. The van der Waals surface area contributed by atoms with Crippen LogP contribution in [0.1, 0.15) is 31.2 Å². The van der Waals surface area contributed by atoms with E-state index in [-0.39, 0.29) is 6.04 Å². The van der Waals surface area contributed by atoms with Crippen LogP contribution < -0.4 is 15.2 Å². The van der Waals surface area contributed by atoms with Crippen molar-refractivity contribution in [3.8, 4) is 11.5 Å². The highest BCUT2D eigenvalue weighted by atomic mass is 16.6. The van der Waals surface area contributed by atoms with Crippen LogP contribution in [0, 0.1) is 0 Å². The van der Waals surface area contributed by atoms with Gasteiger partial charge in [-0.25, -0.2) is 0 Å². The number of benzene rings is 1. The summed E-state index contributed by atoms with van der Waals surface area (Å²) < 4.78 is 11.2. The van der Waals surface area contributed by atoms with Crippen LogP contribution in [0.3, 0.4) is 0 Å². The lowest BCUT2D eigenvalue weighted by atomic mass is 10.0. The summed E-state index contributed by atoms with van der Waals surface area (Å²) in [4.78, 5) is 0. The second-order valence-electron chi connectivity index (χ2n) is 4.96. The van der Waals surface area contributed by atoms with Gasteiger partial charge in [0.25, 0.3) is 0 Å². The van der Waals surface area contributed by atoms with Crippen LogP contribution in [-0.4, -0.2) is 19.3 Å². The predicted molar refractivity (Wildman–Crippen MR) is 71.9 cm³/mol. The molecule has 0 saturated heterocycles. The van der Waals surface area contributed by atoms with Gasteiger partial charge in [-0.05, 0) is 42.5 Å². The number of fused-ring (bicyclic) bond motifs is 1. The maximum absolute atomic E-state index is 6.07. The van der Waals surface area contributed by atoms with E-state index in [1.54, 1.807) is 0 Å². The Morgan fingerprint density at radius 3 is 2.78 bits per heavy atom. The van der Waals surface area contributed by atoms with Gasteiger partial charge in [0.2, 0.25) is 0 Å². The van der Waals surface area contributed by atoms with E-state index in [2.05, 4.69) is 18.2 Å². The molecule has 2 N–H and O–H groups in total. The summed E-state index contributed by atoms with van der Waals surface area (Å²) in [5.41, 5.74) is 8.63. The van der Waals surface area contributed by atoms with Gasteiger partial charge in [-0.1, -0.05) is 18.6 Å². The molecule has 1 aromatic carbocycles. The SMILES string of the molecule is NC1C=C(c2ccc3c(c2)OCCO3)CCCC1. The lowest BCUT2D eigenvalue weighted by molar-refractivity contribution is 0.171. The fourth-order valence-electron chi connectivity index (χ4n) is 2.60. The van der Waals surface area contributed by atoms with Gasteiger partial charge in [0.15, 0.2) is 11.5 Å². The summed E-state index contributed by atoms with van der Waals surface area (Å²) in [6, 6.07) is 6.38. The molecule has 96 valence electrons. The van der Waals surface area contributed by atoms with Crippen LogP contribution in [0.15, 0.2) is 24.3 Å². The monoisotopic (exact) mass is 245 g/mol. The smallest absolute Gasteiger partial charge is 0.161 e. The highest BCUT2D eigenvalue weighted by molar-refractivity contribution is 5.69. The molecule has 0 radical (unpaired) electrons. The van der Waals surface area contributed by atoms with Gasteiger partial charge in [0.1, 0.15) is 13.2 Å². The molecule has 0 fully saturated rings. The molecular formula is C15H19NO2. The van der Waals surface area contributed by atoms with Gasteiger partial charge < -0.3 is 15.2 Å². The predicted octanol–water partition coefficient (Wildman–Crippen LogP) is 2.74. The van der Waals surface area contributed by atoms with Crippen molar-refractivity contribution in [2.45, 2.75) is 31.7 Å². The molecule has 1 aliphatic carbocycles. The van der Waals surface area contributed by atoms with Crippen molar-refractivity contribution < 1.29 is 9.47 Å². The molecule has 1 atom stereocenters. The average molecular weight is 245 g/mol. The number of rotatable bonds is 1. The first-order valence-corrected chi connectivity index (χ1v) is 6.69. The molecule has 2 aliphatic rings. The Morgan fingerprint density at radius 1 is 1.06 bits per heavy atom. The van der Waals surface area contributed by atoms with E-state index in [0.717, 1.165) is 24.3 Å². The number of nitrogens with two attached hydrogens (primary N) is 1. The zero-order valence-electron chi connectivity index (χ0n) is 10.5.